The summed E-state index contributed by atoms with van der Waals surface area (Å²) in [5.74, 6) is 1.50. The van der Waals surface area contributed by atoms with Gasteiger partial charge in [0.2, 0.25) is 0 Å². The third-order valence-corrected chi connectivity index (χ3v) is 3.52. The summed E-state index contributed by atoms with van der Waals surface area (Å²) in [6.07, 6.45) is 0. The Hall–Kier alpha value is -2.20. The van der Waals surface area contributed by atoms with Crippen molar-refractivity contribution in [3.63, 3.8) is 0 Å². The fourth-order valence-electron chi connectivity index (χ4n) is 2.24. The number of halogens is 1. The number of methoxy groups -OCH3 is 1. The summed E-state index contributed by atoms with van der Waals surface area (Å²) in [6, 6.07) is 10.6. The molecule has 0 spiro atoms. The van der Waals surface area contributed by atoms with Crippen LogP contribution in [0.25, 0.3) is 22.4 Å². The van der Waals surface area contributed by atoms with Crippen molar-refractivity contribution in [2.75, 3.05) is 7.11 Å². The molecule has 1 heterocycles. The van der Waals surface area contributed by atoms with Crippen molar-refractivity contribution in [2.24, 2.45) is 7.05 Å². The molecule has 0 bridgehead atoms. The van der Waals surface area contributed by atoms with Crippen LogP contribution >= 0.6 is 11.6 Å². The molecule has 3 rings (SSSR count). The molecule has 0 aliphatic heterocycles. The highest BCUT2D eigenvalue weighted by Gasteiger charge is 2.14. The second kappa shape index (κ2) is 4.72. The van der Waals surface area contributed by atoms with E-state index in [4.69, 9.17) is 16.3 Å². The summed E-state index contributed by atoms with van der Waals surface area (Å²) in [7, 11) is 3.49. The Balaban J connectivity index is 2.26. The van der Waals surface area contributed by atoms with E-state index in [1.807, 2.05) is 23.7 Å². The van der Waals surface area contributed by atoms with E-state index in [0.29, 0.717) is 22.2 Å². The second-order valence-electron chi connectivity index (χ2n) is 4.51. The molecule has 0 aliphatic carbocycles. The van der Waals surface area contributed by atoms with Gasteiger partial charge in [-0.3, -0.25) is 0 Å². The van der Waals surface area contributed by atoms with Gasteiger partial charge in [0, 0.05) is 12.1 Å². The molecule has 1 aromatic heterocycles. The van der Waals surface area contributed by atoms with Crippen molar-refractivity contribution >= 4 is 22.6 Å². The predicted octanol–water partition coefficient (Wildman–Crippen LogP) is 3.61. The smallest absolute Gasteiger partial charge is 0.144 e. The van der Waals surface area contributed by atoms with Gasteiger partial charge in [-0.05, 0) is 36.4 Å². The molecule has 2 aromatic carbocycles. The third-order valence-electron chi connectivity index (χ3n) is 3.29. The van der Waals surface area contributed by atoms with Crippen molar-refractivity contribution in [1.29, 1.82) is 0 Å². The van der Waals surface area contributed by atoms with Crippen LogP contribution in [0.1, 0.15) is 0 Å². The molecule has 0 saturated heterocycles. The summed E-state index contributed by atoms with van der Waals surface area (Å²) < 4.78 is 7.11. The number of benzene rings is 2. The van der Waals surface area contributed by atoms with Crippen molar-refractivity contribution in [2.45, 2.75) is 0 Å². The van der Waals surface area contributed by atoms with Gasteiger partial charge in [-0.15, -0.1) is 0 Å². The first-order valence-electron chi connectivity index (χ1n) is 6.09. The van der Waals surface area contributed by atoms with E-state index in [1.165, 1.54) is 0 Å². The van der Waals surface area contributed by atoms with E-state index < -0.39 is 0 Å². The fraction of sp³-hybridized carbons (Fsp3) is 0.133. The Kier molecular flexibility index (Phi) is 3.03. The van der Waals surface area contributed by atoms with Crippen molar-refractivity contribution in [3.8, 4) is 22.9 Å². The first-order chi connectivity index (χ1) is 9.60. The number of aryl methyl sites for hydroxylation is 1. The van der Waals surface area contributed by atoms with E-state index in [-0.39, 0.29) is 5.75 Å². The van der Waals surface area contributed by atoms with Gasteiger partial charge in [0.15, 0.2) is 0 Å². The molecule has 5 heteroatoms. The number of imidazole rings is 1. The Labute approximate surface area is 121 Å². The monoisotopic (exact) mass is 288 g/mol. The van der Waals surface area contributed by atoms with Crippen LogP contribution in [0.3, 0.4) is 0 Å². The van der Waals surface area contributed by atoms with Crippen LogP contribution in [0.2, 0.25) is 5.02 Å². The summed E-state index contributed by atoms with van der Waals surface area (Å²) in [6.45, 7) is 0. The molecule has 102 valence electrons. The van der Waals surface area contributed by atoms with Gasteiger partial charge < -0.3 is 14.4 Å². The number of fused-ring (bicyclic) bond motifs is 1. The number of phenols is 1. The lowest BCUT2D eigenvalue weighted by atomic mass is 10.2. The molecule has 0 fully saturated rings. The minimum atomic E-state index is 0.162. The van der Waals surface area contributed by atoms with Gasteiger partial charge in [0.1, 0.15) is 17.3 Å². The highest BCUT2D eigenvalue weighted by atomic mass is 35.5. The standard InChI is InChI=1S/C15H13ClN2O2/c1-18-13-5-3-9(16)7-12(13)17-15(18)11-8-10(20-2)4-6-14(11)19/h3-8,19H,1-2H3. The first kappa shape index (κ1) is 12.8. The maximum absolute atomic E-state index is 10.1. The van der Waals surface area contributed by atoms with E-state index >= 15 is 0 Å². The summed E-state index contributed by atoms with van der Waals surface area (Å²) in [4.78, 5) is 4.54. The topological polar surface area (TPSA) is 47.3 Å². The molecule has 0 atom stereocenters. The Morgan fingerprint density at radius 3 is 2.75 bits per heavy atom. The molecular formula is C15H13ClN2O2. The average molecular weight is 289 g/mol. The zero-order chi connectivity index (χ0) is 14.3. The van der Waals surface area contributed by atoms with Crippen LogP contribution in [-0.2, 0) is 7.05 Å². The van der Waals surface area contributed by atoms with Crippen LogP contribution < -0.4 is 4.74 Å². The van der Waals surface area contributed by atoms with Crippen LogP contribution in [-0.4, -0.2) is 21.8 Å². The zero-order valence-electron chi connectivity index (χ0n) is 11.1. The molecule has 0 aliphatic rings. The van der Waals surface area contributed by atoms with Crippen LogP contribution in [0.4, 0.5) is 0 Å². The number of ether oxygens (including phenoxy) is 1. The predicted molar refractivity (Wildman–Crippen MR) is 79.4 cm³/mol. The fourth-order valence-corrected chi connectivity index (χ4v) is 2.40. The van der Waals surface area contributed by atoms with Gasteiger partial charge >= 0.3 is 0 Å². The minimum Gasteiger partial charge on any atom is -0.507 e. The number of rotatable bonds is 2. The number of phenolic OH excluding ortho intramolecular Hbond substituents is 1. The van der Waals surface area contributed by atoms with Gasteiger partial charge in [0.05, 0.1) is 23.7 Å². The van der Waals surface area contributed by atoms with Crippen LogP contribution in [0.5, 0.6) is 11.5 Å². The number of hydrogen-bond donors (Lipinski definition) is 1. The number of hydrogen-bond acceptors (Lipinski definition) is 3. The number of nitrogens with zero attached hydrogens (tertiary/aromatic N) is 2. The molecule has 0 saturated carbocycles. The quantitative estimate of drug-likeness (QED) is 0.783. The molecule has 1 N–H and O–H groups in total. The maximum Gasteiger partial charge on any atom is 0.144 e. The molecular weight excluding hydrogens is 276 g/mol. The summed E-state index contributed by atoms with van der Waals surface area (Å²) in [5, 5.41) is 10.7. The van der Waals surface area contributed by atoms with Crippen molar-refractivity contribution < 1.29 is 9.84 Å². The molecule has 0 amide bonds. The molecule has 4 nitrogen and oxygen atoms in total. The average Bonchev–Trinajstić information content (AvgIpc) is 2.76. The van der Waals surface area contributed by atoms with E-state index in [9.17, 15) is 5.11 Å². The lowest BCUT2D eigenvalue weighted by Crippen LogP contribution is -1.93. The van der Waals surface area contributed by atoms with E-state index in [2.05, 4.69) is 4.98 Å². The third kappa shape index (κ3) is 1.98. The summed E-state index contributed by atoms with van der Waals surface area (Å²) in [5.41, 5.74) is 2.36. The largest absolute Gasteiger partial charge is 0.507 e. The van der Waals surface area contributed by atoms with Gasteiger partial charge in [-0.25, -0.2) is 4.98 Å². The van der Waals surface area contributed by atoms with Crippen LogP contribution in [0.15, 0.2) is 36.4 Å². The Morgan fingerprint density at radius 1 is 1.20 bits per heavy atom. The highest BCUT2D eigenvalue weighted by Crippen LogP contribution is 2.33. The van der Waals surface area contributed by atoms with E-state index in [0.717, 1.165) is 11.0 Å². The molecule has 20 heavy (non-hydrogen) atoms. The summed E-state index contributed by atoms with van der Waals surface area (Å²) >= 11 is 5.99. The van der Waals surface area contributed by atoms with Gasteiger partial charge in [-0.1, -0.05) is 11.6 Å². The lowest BCUT2D eigenvalue weighted by Gasteiger charge is -2.07. The number of aromatic hydroxyl groups is 1. The van der Waals surface area contributed by atoms with Gasteiger partial charge in [-0.2, -0.15) is 0 Å². The highest BCUT2D eigenvalue weighted by molar-refractivity contribution is 6.31. The molecule has 0 unspecified atom stereocenters. The molecule has 3 aromatic rings. The SMILES string of the molecule is COc1ccc(O)c(-c2nc3cc(Cl)ccc3n2C)c1. The van der Waals surface area contributed by atoms with Crippen molar-refractivity contribution in [1.82, 2.24) is 9.55 Å². The first-order valence-corrected chi connectivity index (χ1v) is 6.47. The number of aromatic nitrogens is 2. The maximum atomic E-state index is 10.1. The normalized spacial score (nSPS) is 10.9. The van der Waals surface area contributed by atoms with Gasteiger partial charge in [0.25, 0.3) is 0 Å². The molecule has 0 radical (unpaired) electrons. The van der Waals surface area contributed by atoms with E-state index in [1.54, 1.807) is 31.4 Å². The van der Waals surface area contributed by atoms with Crippen LogP contribution in [0, 0.1) is 0 Å². The lowest BCUT2D eigenvalue weighted by molar-refractivity contribution is 0.412. The Bertz CT molecular complexity index is 796. The Morgan fingerprint density at radius 2 is 2.00 bits per heavy atom. The second-order valence-corrected chi connectivity index (χ2v) is 4.95. The minimum absolute atomic E-state index is 0.162. The zero-order valence-corrected chi connectivity index (χ0v) is 11.8. The van der Waals surface area contributed by atoms with Crippen molar-refractivity contribution in [3.05, 3.63) is 41.4 Å².